The third-order valence-corrected chi connectivity index (χ3v) is 4.78. The summed E-state index contributed by atoms with van der Waals surface area (Å²) in [5, 5.41) is 7.79. The molecule has 0 bridgehead atoms. The van der Waals surface area contributed by atoms with Crippen LogP contribution < -0.4 is 5.32 Å². The molecule has 3 rings (SSSR count). The molecule has 1 aromatic carbocycles. The molecular weight excluding hydrogens is 334 g/mol. The Labute approximate surface area is 162 Å². The van der Waals surface area contributed by atoms with E-state index in [0.717, 1.165) is 57.9 Å². The standard InChI is InChI=1S/C22H31N5/c1-3-23-22(24-12-7-13-27-18-19(2)17-25-27)26-14-10-21(11-15-26)16-20-8-5-4-6-9-20/h4-6,8-9,16-18H,3,7,10-15H2,1-2H3,(H,23,24). The van der Waals surface area contributed by atoms with Crippen molar-refractivity contribution in [3.63, 3.8) is 0 Å². The molecule has 27 heavy (non-hydrogen) atoms. The molecule has 0 spiro atoms. The van der Waals surface area contributed by atoms with Crippen molar-refractivity contribution in [3.05, 3.63) is 59.4 Å². The summed E-state index contributed by atoms with van der Waals surface area (Å²) in [5.41, 5.74) is 4.04. The Balaban J connectivity index is 1.50. The molecule has 1 saturated heterocycles. The predicted octanol–water partition coefficient (Wildman–Crippen LogP) is 3.73. The maximum Gasteiger partial charge on any atom is 0.193 e. The molecule has 5 heteroatoms. The number of benzene rings is 1. The number of hydrogen-bond acceptors (Lipinski definition) is 2. The van der Waals surface area contributed by atoms with Crippen LogP contribution in [-0.4, -0.2) is 46.8 Å². The van der Waals surface area contributed by atoms with E-state index in [1.807, 2.05) is 10.9 Å². The number of aromatic nitrogens is 2. The molecular formula is C22H31N5. The maximum absolute atomic E-state index is 4.84. The first kappa shape index (κ1) is 19.2. The normalized spacial score (nSPS) is 15.1. The Morgan fingerprint density at radius 2 is 2.00 bits per heavy atom. The minimum absolute atomic E-state index is 0.824. The van der Waals surface area contributed by atoms with Gasteiger partial charge in [-0.3, -0.25) is 9.67 Å². The van der Waals surface area contributed by atoms with Crippen molar-refractivity contribution in [2.75, 3.05) is 26.2 Å². The van der Waals surface area contributed by atoms with Crippen LogP contribution in [0.25, 0.3) is 6.08 Å². The van der Waals surface area contributed by atoms with Crippen LogP contribution in [-0.2, 0) is 6.54 Å². The number of nitrogens with one attached hydrogen (secondary N) is 1. The van der Waals surface area contributed by atoms with Crippen LogP contribution >= 0.6 is 0 Å². The lowest BCUT2D eigenvalue weighted by molar-refractivity contribution is 0.375. The van der Waals surface area contributed by atoms with E-state index in [9.17, 15) is 0 Å². The Bertz CT molecular complexity index is 750. The van der Waals surface area contributed by atoms with Crippen molar-refractivity contribution in [1.82, 2.24) is 20.0 Å². The van der Waals surface area contributed by atoms with Gasteiger partial charge in [0, 0.05) is 38.9 Å². The van der Waals surface area contributed by atoms with E-state index in [2.05, 4.69) is 71.8 Å². The van der Waals surface area contributed by atoms with Gasteiger partial charge in [-0.25, -0.2) is 0 Å². The molecule has 1 aromatic heterocycles. The molecule has 0 unspecified atom stereocenters. The van der Waals surface area contributed by atoms with E-state index in [0.29, 0.717) is 0 Å². The lowest BCUT2D eigenvalue weighted by atomic mass is 10.0. The van der Waals surface area contributed by atoms with Crippen molar-refractivity contribution in [2.45, 2.75) is 39.7 Å². The number of likely N-dealkylation sites (tertiary alicyclic amines) is 1. The Morgan fingerprint density at radius 3 is 2.67 bits per heavy atom. The highest BCUT2D eigenvalue weighted by molar-refractivity contribution is 5.80. The van der Waals surface area contributed by atoms with Crippen molar-refractivity contribution in [2.24, 2.45) is 4.99 Å². The molecule has 0 radical (unpaired) electrons. The first-order valence-electron chi connectivity index (χ1n) is 10.0. The molecule has 144 valence electrons. The second-order valence-corrected chi connectivity index (χ2v) is 7.07. The first-order chi connectivity index (χ1) is 13.2. The fourth-order valence-electron chi connectivity index (χ4n) is 3.37. The molecule has 0 saturated carbocycles. The average molecular weight is 366 g/mol. The summed E-state index contributed by atoms with van der Waals surface area (Å²) in [6.07, 6.45) is 9.54. The van der Waals surface area contributed by atoms with Gasteiger partial charge in [0.25, 0.3) is 0 Å². The van der Waals surface area contributed by atoms with Crippen LogP contribution in [0.1, 0.15) is 37.3 Å². The Morgan fingerprint density at radius 1 is 1.22 bits per heavy atom. The molecule has 2 aromatic rings. The van der Waals surface area contributed by atoms with E-state index in [1.54, 1.807) is 0 Å². The Hall–Kier alpha value is -2.56. The SMILES string of the molecule is CCNC(=NCCCn1cc(C)cn1)N1CCC(=Cc2ccccc2)CC1. The van der Waals surface area contributed by atoms with Crippen LogP contribution in [0.5, 0.6) is 0 Å². The van der Waals surface area contributed by atoms with Gasteiger partial charge in [-0.15, -0.1) is 0 Å². The summed E-state index contributed by atoms with van der Waals surface area (Å²) in [6.45, 7) is 8.91. The summed E-state index contributed by atoms with van der Waals surface area (Å²) in [7, 11) is 0. The highest BCUT2D eigenvalue weighted by Crippen LogP contribution is 2.19. The van der Waals surface area contributed by atoms with Gasteiger partial charge >= 0.3 is 0 Å². The van der Waals surface area contributed by atoms with Gasteiger partial charge in [-0.05, 0) is 44.2 Å². The number of guanidine groups is 1. The van der Waals surface area contributed by atoms with Gasteiger partial charge in [0.15, 0.2) is 5.96 Å². The minimum atomic E-state index is 0.824. The van der Waals surface area contributed by atoms with Crippen LogP contribution in [0.15, 0.2) is 53.3 Å². The number of nitrogens with zero attached hydrogens (tertiary/aromatic N) is 4. The van der Waals surface area contributed by atoms with Crippen LogP contribution in [0, 0.1) is 6.92 Å². The van der Waals surface area contributed by atoms with E-state index >= 15 is 0 Å². The molecule has 5 nitrogen and oxygen atoms in total. The summed E-state index contributed by atoms with van der Waals surface area (Å²) >= 11 is 0. The average Bonchev–Trinajstić information content (AvgIpc) is 3.11. The molecule has 0 amide bonds. The smallest absolute Gasteiger partial charge is 0.193 e. The van der Waals surface area contributed by atoms with Gasteiger partial charge < -0.3 is 10.2 Å². The highest BCUT2D eigenvalue weighted by Gasteiger charge is 2.17. The maximum atomic E-state index is 4.84. The topological polar surface area (TPSA) is 45.5 Å². The molecule has 1 aliphatic heterocycles. The molecule has 1 fully saturated rings. The van der Waals surface area contributed by atoms with E-state index < -0.39 is 0 Å². The van der Waals surface area contributed by atoms with Crippen LogP contribution in [0.3, 0.4) is 0 Å². The number of aliphatic imine (C=N–C) groups is 1. The largest absolute Gasteiger partial charge is 0.357 e. The van der Waals surface area contributed by atoms with Gasteiger partial charge in [0.2, 0.25) is 0 Å². The zero-order valence-electron chi connectivity index (χ0n) is 16.6. The van der Waals surface area contributed by atoms with E-state index in [1.165, 1.54) is 16.7 Å². The highest BCUT2D eigenvalue weighted by atomic mass is 15.3. The van der Waals surface area contributed by atoms with Crippen molar-refractivity contribution in [3.8, 4) is 0 Å². The molecule has 1 aliphatic rings. The second-order valence-electron chi connectivity index (χ2n) is 7.07. The zero-order valence-corrected chi connectivity index (χ0v) is 16.6. The van der Waals surface area contributed by atoms with Gasteiger partial charge in [-0.1, -0.05) is 42.0 Å². The van der Waals surface area contributed by atoms with Gasteiger partial charge in [0.1, 0.15) is 0 Å². The fourth-order valence-corrected chi connectivity index (χ4v) is 3.37. The molecule has 2 heterocycles. The zero-order chi connectivity index (χ0) is 18.9. The quantitative estimate of drug-likeness (QED) is 0.482. The first-order valence-corrected chi connectivity index (χ1v) is 10.0. The van der Waals surface area contributed by atoms with Crippen molar-refractivity contribution >= 4 is 12.0 Å². The van der Waals surface area contributed by atoms with Crippen molar-refractivity contribution in [1.29, 1.82) is 0 Å². The number of aryl methyl sites for hydroxylation is 2. The summed E-state index contributed by atoms with van der Waals surface area (Å²) in [5.74, 6) is 1.05. The lowest BCUT2D eigenvalue weighted by Crippen LogP contribution is -2.44. The second kappa shape index (κ2) is 9.95. The Kier molecular flexibility index (Phi) is 7.08. The third-order valence-electron chi connectivity index (χ3n) is 4.78. The number of piperidine rings is 1. The number of hydrogen-bond donors (Lipinski definition) is 1. The summed E-state index contributed by atoms with van der Waals surface area (Å²) in [6, 6.07) is 10.6. The lowest BCUT2D eigenvalue weighted by Gasteiger charge is -2.31. The third kappa shape index (κ3) is 5.98. The minimum Gasteiger partial charge on any atom is -0.357 e. The molecule has 0 atom stereocenters. The predicted molar refractivity (Wildman–Crippen MR) is 113 cm³/mol. The monoisotopic (exact) mass is 365 g/mol. The molecule has 1 N–H and O–H groups in total. The van der Waals surface area contributed by atoms with Crippen molar-refractivity contribution < 1.29 is 0 Å². The fraction of sp³-hybridized carbons (Fsp3) is 0.455. The van der Waals surface area contributed by atoms with Gasteiger partial charge in [-0.2, -0.15) is 5.10 Å². The molecule has 0 aliphatic carbocycles. The number of rotatable bonds is 6. The summed E-state index contributed by atoms with van der Waals surface area (Å²) in [4.78, 5) is 7.23. The van der Waals surface area contributed by atoms with E-state index in [-0.39, 0.29) is 0 Å². The summed E-state index contributed by atoms with van der Waals surface area (Å²) < 4.78 is 2.00. The van der Waals surface area contributed by atoms with Crippen LogP contribution in [0.4, 0.5) is 0 Å². The van der Waals surface area contributed by atoms with Crippen LogP contribution in [0.2, 0.25) is 0 Å². The van der Waals surface area contributed by atoms with E-state index in [4.69, 9.17) is 4.99 Å². The van der Waals surface area contributed by atoms with Gasteiger partial charge in [0.05, 0.1) is 6.20 Å².